The molecule has 0 atom stereocenters. The topological polar surface area (TPSA) is 113 Å². The fraction of sp³-hybridized carbons (Fsp3) is 0.100. The lowest BCUT2D eigenvalue weighted by Gasteiger charge is -2.13. The first-order valence-corrected chi connectivity index (χ1v) is 10.7. The third-order valence-electron chi connectivity index (χ3n) is 3.94. The fourth-order valence-corrected chi connectivity index (χ4v) is 3.82. The Bertz CT molecular complexity index is 1110. The standard InChI is InChI=1S/C20H14BrClN2O6S/c21-13-6-5-12(8-14(13)22)23-17(25)9-24-19(28)16(31-20(24)29)7-11-3-1-2-4-15(11)30-10-18(26)27/h1-8H,9-10H2,(H,23,25)(H,26,27)/b16-7+. The maximum Gasteiger partial charge on any atom is 0.341 e. The minimum Gasteiger partial charge on any atom is -0.481 e. The largest absolute Gasteiger partial charge is 0.481 e. The van der Waals surface area contributed by atoms with Gasteiger partial charge >= 0.3 is 5.97 Å². The van der Waals surface area contributed by atoms with Crippen molar-refractivity contribution in [3.8, 4) is 5.75 Å². The number of carbonyl (C=O) groups excluding carboxylic acids is 3. The van der Waals surface area contributed by atoms with Crippen LogP contribution in [0.3, 0.4) is 0 Å². The van der Waals surface area contributed by atoms with Crippen LogP contribution < -0.4 is 10.1 Å². The Morgan fingerprint density at radius 2 is 1.97 bits per heavy atom. The van der Waals surface area contributed by atoms with Crippen LogP contribution in [0, 0.1) is 0 Å². The molecule has 0 saturated carbocycles. The van der Waals surface area contributed by atoms with Gasteiger partial charge in [-0.25, -0.2) is 4.79 Å². The van der Waals surface area contributed by atoms with E-state index in [1.165, 1.54) is 12.1 Å². The number of amides is 3. The molecule has 0 bridgehead atoms. The van der Waals surface area contributed by atoms with E-state index < -0.39 is 36.2 Å². The van der Waals surface area contributed by atoms with Crippen LogP contribution in [0.1, 0.15) is 5.56 Å². The van der Waals surface area contributed by atoms with Gasteiger partial charge in [0.1, 0.15) is 12.3 Å². The molecule has 2 aromatic rings. The summed E-state index contributed by atoms with van der Waals surface area (Å²) in [5.41, 5.74) is 0.855. The SMILES string of the molecule is O=C(O)COc1ccccc1/C=C1/SC(=O)N(CC(=O)Nc2ccc(Br)c(Cl)c2)C1=O. The number of halogens is 2. The lowest BCUT2D eigenvalue weighted by Crippen LogP contribution is -2.36. The minimum absolute atomic E-state index is 0.0934. The summed E-state index contributed by atoms with van der Waals surface area (Å²) >= 11 is 9.92. The number of para-hydroxylation sites is 1. The van der Waals surface area contributed by atoms with E-state index >= 15 is 0 Å². The number of benzene rings is 2. The van der Waals surface area contributed by atoms with Crippen LogP contribution in [0.15, 0.2) is 51.8 Å². The maximum absolute atomic E-state index is 12.7. The van der Waals surface area contributed by atoms with Crippen molar-refractivity contribution in [2.45, 2.75) is 0 Å². The van der Waals surface area contributed by atoms with Gasteiger partial charge in [-0.15, -0.1) is 0 Å². The maximum atomic E-state index is 12.7. The second kappa shape index (κ2) is 9.99. The highest BCUT2D eigenvalue weighted by molar-refractivity contribution is 9.10. The van der Waals surface area contributed by atoms with E-state index in [1.54, 1.807) is 36.4 Å². The number of nitrogens with zero attached hydrogens (tertiary/aromatic N) is 1. The van der Waals surface area contributed by atoms with Crippen LogP contribution in [0.4, 0.5) is 10.5 Å². The van der Waals surface area contributed by atoms with Crippen LogP contribution in [0.2, 0.25) is 5.02 Å². The van der Waals surface area contributed by atoms with E-state index in [9.17, 15) is 19.2 Å². The number of nitrogens with one attached hydrogen (secondary N) is 1. The Labute approximate surface area is 194 Å². The van der Waals surface area contributed by atoms with Gasteiger partial charge in [-0.3, -0.25) is 19.3 Å². The van der Waals surface area contributed by atoms with Gasteiger partial charge in [0, 0.05) is 15.7 Å². The molecule has 0 spiro atoms. The zero-order valence-corrected chi connectivity index (χ0v) is 18.8. The zero-order valence-electron chi connectivity index (χ0n) is 15.6. The first-order valence-electron chi connectivity index (χ1n) is 8.68. The number of rotatable bonds is 7. The van der Waals surface area contributed by atoms with E-state index in [4.69, 9.17) is 21.4 Å². The molecular weight excluding hydrogens is 512 g/mol. The van der Waals surface area contributed by atoms with Crippen LogP contribution in [0.5, 0.6) is 5.75 Å². The molecule has 3 amide bonds. The summed E-state index contributed by atoms with van der Waals surface area (Å²) < 4.78 is 5.87. The predicted molar refractivity (Wildman–Crippen MR) is 120 cm³/mol. The Kier molecular flexibility index (Phi) is 7.37. The van der Waals surface area contributed by atoms with Gasteiger partial charge in [0.15, 0.2) is 6.61 Å². The van der Waals surface area contributed by atoms with Gasteiger partial charge in [-0.2, -0.15) is 0 Å². The number of carboxylic acid groups (broad SMARTS) is 1. The number of imide groups is 1. The van der Waals surface area contributed by atoms with Crippen LogP contribution >= 0.6 is 39.3 Å². The molecule has 0 unspecified atom stereocenters. The third kappa shape index (κ3) is 5.87. The molecule has 160 valence electrons. The van der Waals surface area contributed by atoms with Crippen molar-refractivity contribution in [1.82, 2.24) is 4.90 Å². The smallest absolute Gasteiger partial charge is 0.341 e. The Balaban J connectivity index is 1.71. The monoisotopic (exact) mass is 524 g/mol. The van der Waals surface area contributed by atoms with Gasteiger partial charge < -0.3 is 15.2 Å². The van der Waals surface area contributed by atoms with E-state index in [0.717, 1.165) is 4.90 Å². The third-order valence-corrected chi connectivity index (χ3v) is 6.08. The van der Waals surface area contributed by atoms with Crippen molar-refractivity contribution in [1.29, 1.82) is 0 Å². The first-order chi connectivity index (χ1) is 14.7. The van der Waals surface area contributed by atoms with E-state index in [-0.39, 0.29) is 10.7 Å². The average Bonchev–Trinajstić information content (AvgIpc) is 2.97. The van der Waals surface area contributed by atoms with Crippen molar-refractivity contribution in [3.63, 3.8) is 0 Å². The van der Waals surface area contributed by atoms with Crippen molar-refractivity contribution >= 4 is 74.1 Å². The highest BCUT2D eigenvalue weighted by Crippen LogP contribution is 2.34. The van der Waals surface area contributed by atoms with Crippen LogP contribution in [-0.4, -0.2) is 46.2 Å². The summed E-state index contributed by atoms with van der Waals surface area (Å²) in [4.78, 5) is 48.9. The molecule has 1 heterocycles. The quantitative estimate of drug-likeness (QED) is 0.520. The summed E-state index contributed by atoms with van der Waals surface area (Å²) in [6, 6.07) is 11.3. The molecule has 0 aliphatic carbocycles. The molecule has 1 aliphatic heterocycles. The second-order valence-corrected chi connectivity index (χ2v) is 8.42. The lowest BCUT2D eigenvalue weighted by molar-refractivity contribution is -0.139. The molecule has 31 heavy (non-hydrogen) atoms. The van der Waals surface area contributed by atoms with Gasteiger partial charge in [0.05, 0.1) is 9.93 Å². The van der Waals surface area contributed by atoms with Crippen LogP contribution in [-0.2, 0) is 14.4 Å². The predicted octanol–water partition coefficient (Wildman–Crippen LogP) is 4.24. The Morgan fingerprint density at radius 3 is 2.68 bits per heavy atom. The number of aliphatic carboxylic acids is 1. The molecule has 0 radical (unpaired) electrons. The first kappa shape index (κ1) is 22.9. The fourth-order valence-electron chi connectivity index (χ4n) is 2.57. The number of carboxylic acids is 1. The lowest BCUT2D eigenvalue weighted by atomic mass is 10.2. The molecule has 1 aliphatic rings. The second-order valence-electron chi connectivity index (χ2n) is 6.17. The van der Waals surface area contributed by atoms with Gasteiger partial charge in [-0.1, -0.05) is 29.8 Å². The van der Waals surface area contributed by atoms with Gasteiger partial charge in [0.2, 0.25) is 5.91 Å². The normalized spacial score (nSPS) is 14.8. The van der Waals surface area contributed by atoms with Crippen molar-refractivity contribution in [2.24, 2.45) is 0 Å². The summed E-state index contributed by atoms with van der Waals surface area (Å²) in [5, 5.41) is 11.2. The molecule has 0 aromatic heterocycles. The molecule has 11 heteroatoms. The Hall–Kier alpha value is -2.82. The number of hydrogen-bond donors (Lipinski definition) is 2. The number of thioether (sulfide) groups is 1. The van der Waals surface area contributed by atoms with Gasteiger partial charge in [0.25, 0.3) is 11.1 Å². The highest BCUT2D eigenvalue weighted by atomic mass is 79.9. The highest BCUT2D eigenvalue weighted by Gasteiger charge is 2.36. The van der Waals surface area contributed by atoms with Gasteiger partial charge in [-0.05, 0) is 58.0 Å². The minimum atomic E-state index is -1.15. The summed E-state index contributed by atoms with van der Waals surface area (Å²) in [6.45, 7) is -1.01. The zero-order chi connectivity index (χ0) is 22.5. The van der Waals surface area contributed by atoms with E-state index in [1.807, 2.05) is 0 Å². The van der Waals surface area contributed by atoms with Crippen LogP contribution in [0.25, 0.3) is 6.08 Å². The van der Waals surface area contributed by atoms with Crippen molar-refractivity contribution in [2.75, 3.05) is 18.5 Å². The summed E-state index contributed by atoms with van der Waals surface area (Å²) in [5.74, 6) is -2.09. The summed E-state index contributed by atoms with van der Waals surface area (Å²) in [7, 11) is 0. The molecule has 1 fully saturated rings. The molecule has 3 rings (SSSR count). The van der Waals surface area contributed by atoms with Crippen molar-refractivity contribution in [3.05, 3.63) is 62.4 Å². The molecule has 8 nitrogen and oxygen atoms in total. The summed E-state index contributed by atoms with van der Waals surface area (Å²) in [6.07, 6.45) is 1.43. The molecule has 2 N–H and O–H groups in total. The van der Waals surface area contributed by atoms with E-state index in [2.05, 4.69) is 21.2 Å². The average molecular weight is 526 g/mol. The molecule has 1 saturated heterocycles. The van der Waals surface area contributed by atoms with E-state index in [0.29, 0.717) is 32.5 Å². The number of hydrogen-bond acceptors (Lipinski definition) is 6. The number of anilines is 1. The number of carbonyl (C=O) groups is 4. The van der Waals surface area contributed by atoms with Crippen molar-refractivity contribution < 1.29 is 29.0 Å². The molecule has 2 aromatic carbocycles. The molecular formula is C20H14BrClN2O6S. The Morgan fingerprint density at radius 1 is 1.23 bits per heavy atom. The number of ether oxygens (including phenoxy) is 1.